The van der Waals surface area contributed by atoms with Crippen LogP contribution in [0.1, 0.15) is 43.6 Å². The number of amides is 1. The molecule has 22 heavy (non-hydrogen) atoms. The Labute approximate surface area is 130 Å². The van der Waals surface area contributed by atoms with Crippen LogP contribution in [0.4, 0.5) is 0 Å². The summed E-state index contributed by atoms with van der Waals surface area (Å²) in [5, 5.41) is 7.05. The Hall–Kier alpha value is -2.11. The van der Waals surface area contributed by atoms with Gasteiger partial charge in [-0.1, -0.05) is 6.92 Å². The van der Waals surface area contributed by atoms with Gasteiger partial charge >= 0.3 is 0 Å². The van der Waals surface area contributed by atoms with Crippen LogP contribution in [0.15, 0.2) is 24.7 Å². The van der Waals surface area contributed by atoms with Crippen LogP contribution in [0.3, 0.4) is 0 Å². The molecule has 2 aromatic heterocycles. The third-order valence-corrected chi connectivity index (χ3v) is 4.42. The number of H-pyrrole nitrogens is 1. The molecule has 1 amide bonds. The second-order valence-corrected chi connectivity index (χ2v) is 5.83. The average molecular weight is 301 g/mol. The molecule has 1 saturated heterocycles. The number of hydrogen-bond donors (Lipinski definition) is 1. The van der Waals surface area contributed by atoms with Crippen molar-refractivity contribution < 1.29 is 4.79 Å². The summed E-state index contributed by atoms with van der Waals surface area (Å²) >= 11 is 0. The minimum absolute atomic E-state index is 0.236. The summed E-state index contributed by atoms with van der Waals surface area (Å²) in [5.41, 5.74) is 1.14. The molecule has 0 bridgehead atoms. The molecule has 1 N–H and O–H groups in total. The standard InChI is InChI=1S/C16H23N5O/c1-2-15-17-8-11-20(15)10-6-16(22)21-9-3-4-13(12-21)14-5-7-18-19-14/h5,7-8,11,13H,2-4,6,9-10,12H2,1H3,(H,18,19)/t13-/m0/s1. The molecule has 1 fully saturated rings. The highest BCUT2D eigenvalue weighted by atomic mass is 16.2. The molecule has 6 heteroatoms. The van der Waals surface area contributed by atoms with E-state index < -0.39 is 0 Å². The first-order chi connectivity index (χ1) is 10.8. The predicted octanol–water partition coefficient (Wildman–Crippen LogP) is 1.96. The molecule has 0 saturated carbocycles. The van der Waals surface area contributed by atoms with Gasteiger partial charge < -0.3 is 9.47 Å². The number of aromatic nitrogens is 4. The molecule has 0 aromatic carbocycles. The number of imidazole rings is 1. The highest BCUT2D eigenvalue weighted by Crippen LogP contribution is 2.25. The minimum Gasteiger partial charge on any atom is -0.342 e. The van der Waals surface area contributed by atoms with Crippen molar-refractivity contribution in [2.24, 2.45) is 0 Å². The molecule has 0 spiro atoms. The van der Waals surface area contributed by atoms with Crippen LogP contribution in [0.2, 0.25) is 0 Å². The van der Waals surface area contributed by atoms with Gasteiger partial charge in [0.1, 0.15) is 5.82 Å². The second-order valence-electron chi connectivity index (χ2n) is 5.83. The summed E-state index contributed by atoms with van der Waals surface area (Å²) in [4.78, 5) is 18.8. The quantitative estimate of drug-likeness (QED) is 0.918. The van der Waals surface area contributed by atoms with Crippen LogP contribution in [0, 0.1) is 0 Å². The molecule has 2 aromatic rings. The van der Waals surface area contributed by atoms with Gasteiger partial charge in [-0.05, 0) is 18.9 Å². The van der Waals surface area contributed by atoms with E-state index in [0.717, 1.165) is 43.9 Å². The van der Waals surface area contributed by atoms with E-state index in [-0.39, 0.29) is 5.91 Å². The molecular weight excluding hydrogens is 278 g/mol. The van der Waals surface area contributed by atoms with Crippen molar-refractivity contribution >= 4 is 5.91 Å². The van der Waals surface area contributed by atoms with Gasteiger partial charge in [0.25, 0.3) is 0 Å². The van der Waals surface area contributed by atoms with Gasteiger partial charge in [-0.3, -0.25) is 9.89 Å². The zero-order valence-electron chi connectivity index (χ0n) is 13.0. The lowest BCUT2D eigenvalue weighted by molar-refractivity contribution is -0.132. The van der Waals surface area contributed by atoms with Gasteiger partial charge in [0, 0.05) is 62.7 Å². The number of likely N-dealkylation sites (tertiary alicyclic amines) is 1. The summed E-state index contributed by atoms with van der Waals surface area (Å²) in [6.45, 7) is 4.47. The van der Waals surface area contributed by atoms with E-state index in [1.165, 1.54) is 0 Å². The van der Waals surface area contributed by atoms with E-state index >= 15 is 0 Å². The number of nitrogens with zero attached hydrogens (tertiary/aromatic N) is 4. The molecule has 0 radical (unpaired) electrons. The Morgan fingerprint density at radius 3 is 3.14 bits per heavy atom. The maximum atomic E-state index is 12.5. The van der Waals surface area contributed by atoms with E-state index in [1.54, 1.807) is 12.4 Å². The number of piperidine rings is 1. The molecule has 0 aliphatic carbocycles. The van der Waals surface area contributed by atoms with Crippen molar-refractivity contribution in [2.45, 2.75) is 45.1 Å². The van der Waals surface area contributed by atoms with Gasteiger partial charge in [0.2, 0.25) is 5.91 Å². The molecule has 0 unspecified atom stereocenters. The second kappa shape index (κ2) is 6.77. The van der Waals surface area contributed by atoms with E-state index in [9.17, 15) is 4.79 Å². The maximum absolute atomic E-state index is 12.5. The number of carbonyl (C=O) groups excluding carboxylic acids is 1. The molecule has 118 valence electrons. The third-order valence-electron chi connectivity index (χ3n) is 4.42. The fourth-order valence-electron chi connectivity index (χ4n) is 3.18. The number of hydrogen-bond acceptors (Lipinski definition) is 3. The fourth-order valence-corrected chi connectivity index (χ4v) is 3.18. The summed E-state index contributed by atoms with van der Waals surface area (Å²) in [7, 11) is 0. The van der Waals surface area contributed by atoms with E-state index in [1.807, 2.05) is 17.2 Å². The van der Waals surface area contributed by atoms with Gasteiger partial charge in [0.15, 0.2) is 0 Å². The van der Waals surface area contributed by atoms with Crippen LogP contribution >= 0.6 is 0 Å². The Kier molecular flexibility index (Phi) is 4.56. The van der Waals surface area contributed by atoms with E-state index in [4.69, 9.17) is 0 Å². The van der Waals surface area contributed by atoms with E-state index in [2.05, 4.69) is 26.7 Å². The van der Waals surface area contributed by atoms with Crippen LogP contribution in [-0.2, 0) is 17.8 Å². The summed E-state index contributed by atoms with van der Waals surface area (Å²) in [6.07, 6.45) is 9.15. The van der Waals surface area contributed by atoms with Crippen molar-refractivity contribution in [1.82, 2.24) is 24.6 Å². The van der Waals surface area contributed by atoms with Crippen LogP contribution in [-0.4, -0.2) is 43.6 Å². The number of rotatable bonds is 5. The maximum Gasteiger partial charge on any atom is 0.224 e. The van der Waals surface area contributed by atoms with Gasteiger partial charge in [0.05, 0.1) is 0 Å². The Balaban J connectivity index is 1.55. The average Bonchev–Trinajstić information content (AvgIpc) is 3.23. The molecule has 6 nitrogen and oxygen atoms in total. The SMILES string of the molecule is CCc1nccn1CCC(=O)N1CCC[C@H](c2ccn[nH]2)C1. The molecule has 1 aliphatic rings. The van der Waals surface area contributed by atoms with Crippen molar-refractivity contribution in [3.05, 3.63) is 36.2 Å². The van der Waals surface area contributed by atoms with Crippen LogP contribution in [0.5, 0.6) is 0 Å². The Morgan fingerprint density at radius 1 is 1.45 bits per heavy atom. The summed E-state index contributed by atoms with van der Waals surface area (Å²) < 4.78 is 2.08. The van der Waals surface area contributed by atoms with Gasteiger partial charge in [-0.25, -0.2) is 4.98 Å². The number of aromatic amines is 1. The van der Waals surface area contributed by atoms with Crippen molar-refractivity contribution in [3.63, 3.8) is 0 Å². The van der Waals surface area contributed by atoms with Crippen LogP contribution < -0.4 is 0 Å². The lowest BCUT2D eigenvalue weighted by atomic mass is 9.95. The number of carbonyl (C=O) groups is 1. The summed E-state index contributed by atoms with van der Waals surface area (Å²) in [5.74, 6) is 1.67. The summed E-state index contributed by atoms with van der Waals surface area (Å²) in [6, 6.07) is 2.01. The van der Waals surface area contributed by atoms with Crippen LogP contribution in [0.25, 0.3) is 0 Å². The smallest absolute Gasteiger partial charge is 0.224 e. The third kappa shape index (κ3) is 3.21. The molecule has 3 heterocycles. The largest absolute Gasteiger partial charge is 0.342 e. The molecule has 1 atom stereocenters. The van der Waals surface area contributed by atoms with Crippen molar-refractivity contribution in [1.29, 1.82) is 0 Å². The normalized spacial score (nSPS) is 18.6. The van der Waals surface area contributed by atoms with Crippen molar-refractivity contribution in [3.8, 4) is 0 Å². The minimum atomic E-state index is 0.236. The number of nitrogens with one attached hydrogen (secondary N) is 1. The van der Waals surface area contributed by atoms with E-state index in [0.29, 0.717) is 18.9 Å². The highest BCUT2D eigenvalue weighted by molar-refractivity contribution is 5.76. The molecule has 1 aliphatic heterocycles. The molecular formula is C16H23N5O. The Bertz CT molecular complexity index is 604. The topological polar surface area (TPSA) is 66.8 Å². The lowest BCUT2D eigenvalue weighted by Gasteiger charge is -2.32. The van der Waals surface area contributed by atoms with Crippen molar-refractivity contribution in [2.75, 3.05) is 13.1 Å². The fraction of sp³-hybridized carbons (Fsp3) is 0.562. The van der Waals surface area contributed by atoms with Gasteiger partial charge in [-0.15, -0.1) is 0 Å². The zero-order chi connectivity index (χ0) is 15.4. The first kappa shape index (κ1) is 14.8. The Morgan fingerprint density at radius 2 is 2.36 bits per heavy atom. The first-order valence-corrected chi connectivity index (χ1v) is 8.05. The predicted molar refractivity (Wildman–Crippen MR) is 83.4 cm³/mol. The highest BCUT2D eigenvalue weighted by Gasteiger charge is 2.25. The molecule has 3 rings (SSSR count). The monoisotopic (exact) mass is 301 g/mol. The zero-order valence-corrected chi connectivity index (χ0v) is 13.0. The first-order valence-electron chi connectivity index (χ1n) is 8.05. The van der Waals surface area contributed by atoms with Gasteiger partial charge in [-0.2, -0.15) is 5.10 Å². The lowest BCUT2D eigenvalue weighted by Crippen LogP contribution is -2.39. The number of aryl methyl sites for hydroxylation is 2.